The number of amides is 1. The third-order valence-electron chi connectivity index (χ3n) is 3.56. The molecular formula is C15H20N2O3. The third kappa shape index (κ3) is 4.86. The lowest BCUT2D eigenvalue weighted by Gasteiger charge is -2.27. The molecule has 20 heavy (non-hydrogen) atoms. The smallest absolute Gasteiger partial charge is 0.373 e. The summed E-state index contributed by atoms with van der Waals surface area (Å²) in [5, 5.41) is 3.08. The molecule has 2 rings (SSSR count). The third-order valence-corrected chi connectivity index (χ3v) is 3.56. The zero-order valence-electron chi connectivity index (χ0n) is 11.6. The Morgan fingerprint density at radius 3 is 2.30 bits per heavy atom. The molecule has 0 spiro atoms. The number of benzene rings is 1. The van der Waals surface area contributed by atoms with E-state index >= 15 is 0 Å². The van der Waals surface area contributed by atoms with Gasteiger partial charge in [-0.2, -0.15) is 9.59 Å². The predicted octanol–water partition coefficient (Wildman–Crippen LogP) is 1.99. The molecule has 108 valence electrons. The Hall–Kier alpha value is -2.13. The van der Waals surface area contributed by atoms with Gasteiger partial charge in [0.15, 0.2) is 0 Å². The summed E-state index contributed by atoms with van der Waals surface area (Å²) in [6.07, 6.45) is 4.82. The monoisotopic (exact) mass is 276 g/mol. The normalized spacial score (nSPS) is 21.1. The number of carbonyl (C=O) groups excluding carboxylic acids is 3. The molecule has 0 heterocycles. The highest BCUT2D eigenvalue weighted by Crippen LogP contribution is 2.23. The number of anilines is 1. The first-order valence-corrected chi connectivity index (χ1v) is 6.73. The lowest BCUT2D eigenvalue weighted by Crippen LogP contribution is -2.37. The van der Waals surface area contributed by atoms with Crippen molar-refractivity contribution in [2.45, 2.75) is 38.6 Å². The molecule has 0 unspecified atom stereocenters. The summed E-state index contributed by atoms with van der Waals surface area (Å²) >= 11 is 0. The van der Waals surface area contributed by atoms with Crippen molar-refractivity contribution in [3.05, 3.63) is 29.8 Å². The average Bonchev–Trinajstić information content (AvgIpc) is 2.43. The van der Waals surface area contributed by atoms with Crippen LogP contribution in [0.2, 0.25) is 0 Å². The summed E-state index contributed by atoms with van der Waals surface area (Å²) in [6, 6.07) is 7.54. The van der Waals surface area contributed by atoms with Crippen molar-refractivity contribution < 1.29 is 14.4 Å². The molecule has 1 aromatic carbocycles. The quantitative estimate of drug-likeness (QED) is 0.808. The SMILES string of the molecule is CC1CCC(NC(=O)c2ccccc2N)CC1.O=C=O. The first-order chi connectivity index (χ1) is 9.58. The van der Waals surface area contributed by atoms with Gasteiger partial charge in [-0.05, 0) is 43.7 Å². The summed E-state index contributed by atoms with van der Waals surface area (Å²) < 4.78 is 0. The van der Waals surface area contributed by atoms with Crippen molar-refractivity contribution in [2.24, 2.45) is 5.92 Å². The molecule has 1 amide bonds. The number of nitrogens with two attached hydrogens (primary N) is 1. The minimum absolute atomic E-state index is 0.0392. The van der Waals surface area contributed by atoms with E-state index in [0.717, 1.165) is 18.8 Å². The summed E-state index contributed by atoms with van der Waals surface area (Å²) in [7, 11) is 0. The van der Waals surface area contributed by atoms with Crippen molar-refractivity contribution in [1.29, 1.82) is 0 Å². The minimum Gasteiger partial charge on any atom is -0.398 e. The number of nitrogens with one attached hydrogen (secondary N) is 1. The topological polar surface area (TPSA) is 89.3 Å². The Morgan fingerprint density at radius 2 is 1.75 bits per heavy atom. The van der Waals surface area contributed by atoms with Crippen molar-refractivity contribution in [2.75, 3.05) is 5.73 Å². The maximum Gasteiger partial charge on any atom is 0.373 e. The zero-order chi connectivity index (χ0) is 15.0. The van der Waals surface area contributed by atoms with Crippen LogP contribution >= 0.6 is 0 Å². The lowest BCUT2D eigenvalue weighted by atomic mass is 9.87. The van der Waals surface area contributed by atoms with E-state index in [4.69, 9.17) is 15.3 Å². The molecule has 0 aromatic heterocycles. The maximum atomic E-state index is 12.0. The van der Waals surface area contributed by atoms with E-state index < -0.39 is 0 Å². The van der Waals surface area contributed by atoms with Gasteiger partial charge in [0.25, 0.3) is 5.91 Å². The molecule has 5 nitrogen and oxygen atoms in total. The second-order valence-corrected chi connectivity index (χ2v) is 5.10. The molecule has 0 radical (unpaired) electrons. The Labute approximate surface area is 118 Å². The molecule has 1 aliphatic rings. The number of carbonyl (C=O) groups is 1. The number of para-hydroxylation sites is 1. The molecular weight excluding hydrogens is 256 g/mol. The largest absolute Gasteiger partial charge is 0.398 e. The van der Waals surface area contributed by atoms with E-state index in [9.17, 15) is 4.79 Å². The molecule has 3 N–H and O–H groups in total. The highest BCUT2D eigenvalue weighted by atomic mass is 16.2. The Morgan fingerprint density at radius 1 is 1.20 bits per heavy atom. The van der Waals surface area contributed by atoms with Crippen LogP contribution in [0.1, 0.15) is 43.0 Å². The van der Waals surface area contributed by atoms with Gasteiger partial charge in [-0.25, -0.2) is 0 Å². The highest BCUT2D eigenvalue weighted by Gasteiger charge is 2.20. The van der Waals surface area contributed by atoms with E-state index in [1.165, 1.54) is 12.8 Å². The zero-order valence-corrected chi connectivity index (χ0v) is 11.6. The fourth-order valence-electron chi connectivity index (χ4n) is 2.37. The van der Waals surface area contributed by atoms with Gasteiger partial charge in [-0.3, -0.25) is 4.79 Å². The number of rotatable bonds is 2. The molecule has 1 aliphatic carbocycles. The van der Waals surface area contributed by atoms with E-state index in [1.807, 2.05) is 12.1 Å². The summed E-state index contributed by atoms with van der Waals surface area (Å²) in [5.74, 6) is 0.757. The summed E-state index contributed by atoms with van der Waals surface area (Å²) in [4.78, 5) is 28.3. The van der Waals surface area contributed by atoms with Crippen LogP contribution in [-0.2, 0) is 9.59 Å². The van der Waals surface area contributed by atoms with Crippen molar-refractivity contribution in [3.63, 3.8) is 0 Å². The standard InChI is InChI=1S/C14H20N2O.CO2/c1-10-6-8-11(9-7-10)16-14(17)12-4-2-3-5-13(12)15;2-1-3/h2-5,10-11H,6-9,15H2,1H3,(H,16,17);. The Balaban J connectivity index is 0.000000612. The van der Waals surface area contributed by atoms with Gasteiger partial charge in [0.05, 0.1) is 5.56 Å². The predicted molar refractivity (Wildman–Crippen MR) is 74.7 cm³/mol. The van der Waals surface area contributed by atoms with Gasteiger partial charge < -0.3 is 11.1 Å². The van der Waals surface area contributed by atoms with Gasteiger partial charge >= 0.3 is 6.15 Å². The summed E-state index contributed by atoms with van der Waals surface area (Å²) in [6.45, 7) is 2.27. The number of nitrogen functional groups attached to an aromatic ring is 1. The van der Waals surface area contributed by atoms with Gasteiger partial charge in [0.2, 0.25) is 0 Å². The van der Waals surface area contributed by atoms with Crippen molar-refractivity contribution in [1.82, 2.24) is 5.32 Å². The minimum atomic E-state index is -0.0392. The number of hydrogen-bond donors (Lipinski definition) is 2. The van der Waals surface area contributed by atoms with Crippen LogP contribution in [0.3, 0.4) is 0 Å². The van der Waals surface area contributed by atoms with Crippen molar-refractivity contribution >= 4 is 17.7 Å². The molecule has 0 atom stereocenters. The fraction of sp³-hybridized carbons (Fsp3) is 0.467. The van der Waals surface area contributed by atoms with Crippen LogP contribution in [0.5, 0.6) is 0 Å². The molecule has 0 bridgehead atoms. The fourth-order valence-corrected chi connectivity index (χ4v) is 2.37. The van der Waals surface area contributed by atoms with Crippen LogP contribution in [-0.4, -0.2) is 18.1 Å². The molecule has 5 heteroatoms. The second-order valence-electron chi connectivity index (χ2n) is 5.10. The van der Waals surface area contributed by atoms with Crippen molar-refractivity contribution in [3.8, 4) is 0 Å². The molecule has 1 fully saturated rings. The second kappa shape index (κ2) is 8.12. The highest BCUT2D eigenvalue weighted by molar-refractivity contribution is 5.99. The maximum absolute atomic E-state index is 12.0. The van der Waals surface area contributed by atoms with Crippen LogP contribution in [0.25, 0.3) is 0 Å². The Bertz CT molecular complexity index is 474. The number of hydrogen-bond acceptors (Lipinski definition) is 4. The average molecular weight is 276 g/mol. The van der Waals surface area contributed by atoms with E-state index in [0.29, 0.717) is 17.3 Å². The van der Waals surface area contributed by atoms with Crippen LogP contribution in [0.15, 0.2) is 24.3 Å². The molecule has 1 saturated carbocycles. The van der Waals surface area contributed by atoms with Crippen LogP contribution in [0.4, 0.5) is 5.69 Å². The van der Waals surface area contributed by atoms with E-state index in [-0.39, 0.29) is 12.1 Å². The van der Waals surface area contributed by atoms with Crippen LogP contribution in [0, 0.1) is 5.92 Å². The first-order valence-electron chi connectivity index (χ1n) is 6.73. The molecule has 1 aromatic rings. The molecule has 0 aliphatic heterocycles. The van der Waals surface area contributed by atoms with Crippen LogP contribution < -0.4 is 11.1 Å². The van der Waals surface area contributed by atoms with Gasteiger partial charge in [0, 0.05) is 11.7 Å². The van der Waals surface area contributed by atoms with E-state index in [2.05, 4.69) is 12.2 Å². The van der Waals surface area contributed by atoms with Gasteiger partial charge in [0.1, 0.15) is 0 Å². The van der Waals surface area contributed by atoms with E-state index in [1.54, 1.807) is 12.1 Å². The summed E-state index contributed by atoms with van der Waals surface area (Å²) in [5.41, 5.74) is 6.93. The van der Waals surface area contributed by atoms with Gasteiger partial charge in [-0.1, -0.05) is 19.1 Å². The molecule has 0 saturated heterocycles. The first kappa shape index (κ1) is 15.9. The Kier molecular flexibility index (Phi) is 6.47. The lowest BCUT2D eigenvalue weighted by molar-refractivity contribution is -0.191. The van der Waals surface area contributed by atoms with Gasteiger partial charge in [-0.15, -0.1) is 0 Å².